The van der Waals surface area contributed by atoms with E-state index in [9.17, 15) is 18.0 Å². The monoisotopic (exact) mass is 349 g/mol. The molecule has 1 saturated carbocycles. The van der Waals surface area contributed by atoms with Gasteiger partial charge >= 0.3 is 6.18 Å². The van der Waals surface area contributed by atoms with Gasteiger partial charge in [0.1, 0.15) is 16.1 Å². The topological polar surface area (TPSA) is 54.9 Å². The second-order valence-corrected chi connectivity index (χ2v) is 5.75. The zero-order valence-corrected chi connectivity index (χ0v) is 12.3. The van der Waals surface area contributed by atoms with Crippen LogP contribution in [0.15, 0.2) is 18.3 Å². The summed E-state index contributed by atoms with van der Waals surface area (Å²) in [6.45, 7) is 0. The molecule has 4 nitrogen and oxygen atoms in total. The average Bonchev–Trinajstić information content (AvgIpc) is 3.17. The maximum atomic E-state index is 12.5. The minimum Gasteiger partial charge on any atom is -0.310 e. The molecule has 1 N–H and O–H groups in total. The lowest BCUT2D eigenvalue weighted by Crippen LogP contribution is -2.20. The summed E-state index contributed by atoms with van der Waals surface area (Å²) in [7, 11) is 0. The molecule has 2 heterocycles. The van der Waals surface area contributed by atoms with Crippen molar-refractivity contribution >= 4 is 45.7 Å². The van der Waals surface area contributed by atoms with Crippen LogP contribution in [0.4, 0.5) is 19.0 Å². The van der Waals surface area contributed by atoms with Crippen molar-refractivity contribution in [2.24, 2.45) is 11.8 Å². The molecule has 0 aromatic carbocycles. The van der Waals surface area contributed by atoms with Gasteiger partial charge in [-0.15, -0.1) is 0 Å². The highest BCUT2D eigenvalue weighted by atomic mass is 35.5. The van der Waals surface area contributed by atoms with Crippen molar-refractivity contribution in [1.29, 1.82) is 0 Å². The minimum atomic E-state index is -4.34. The number of alkyl halides is 3. The van der Waals surface area contributed by atoms with Crippen LogP contribution in [0.2, 0.25) is 10.3 Å². The van der Waals surface area contributed by atoms with E-state index in [1.807, 2.05) is 0 Å². The maximum absolute atomic E-state index is 12.5. The Bertz CT molecular complexity index is 766. The third-order valence-electron chi connectivity index (χ3n) is 3.44. The van der Waals surface area contributed by atoms with Gasteiger partial charge in [0.05, 0.1) is 11.8 Å². The van der Waals surface area contributed by atoms with Crippen molar-refractivity contribution in [2.75, 3.05) is 5.32 Å². The molecule has 0 unspecified atom stereocenters. The van der Waals surface area contributed by atoms with E-state index in [1.54, 1.807) is 0 Å². The summed E-state index contributed by atoms with van der Waals surface area (Å²) in [5.74, 6) is -3.17. The first-order valence-corrected chi connectivity index (χ1v) is 7.00. The van der Waals surface area contributed by atoms with Crippen molar-refractivity contribution in [2.45, 2.75) is 12.6 Å². The number of anilines is 1. The number of rotatable bonds is 2. The van der Waals surface area contributed by atoms with Crippen LogP contribution in [-0.2, 0) is 4.79 Å². The second-order valence-electron chi connectivity index (χ2n) is 5.01. The third-order valence-corrected chi connectivity index (χ3v) is 3.92. The van der Waals surface area contributed by atoms with Gasteiger partial charge in [-0.3, -0.25) is 4.79 Å². The van der Waals surface area contributed by atoms with E-state index in [-0.39, 0.29) is 22.5 Å². The maximum Gasteiger partial charge on any atom is 0.392 e. The predicted molar refractivity (Wildman–Crippen MR) is 75.8 cm³/mol. The fourth-order valence-electron chi connectivity index (χ4n) is 2.21. The van der Waals surface area contributed by atoms with Crippen LogP contribution in [0.25, 0.3) is 10.8 Å². The number of fused-ring (bicyclic) bond motifs is 1. The lowest BCUT2D eigenvalue weighted by molar-refractivity contribution is -0.153. The molecule has 1 fully saturated rings. The van der Waals surface area contributed by atoms with E-state index in [2.05, 4.69) is 15.3 Å². The highest BCUT2D eigenvalue weighted by Gasteiger charge is 2.58. The SMILES string of the molecule is O=C(Nc1cc2cc(Cl)nc(Cl)c2cn1)[C@@H]1C[C@H]1C(F)(F)F. The Labute approximate surface area is 132 Å². The minimum absolute atomic E-state index is 0.142. The molecule has 0 aliphatic heterocycles. The van der Waals surface area contributed by atoms with E-state index in [0.717, 1.165) is 0 Å². The van der Waals surface area contributed by atoms with Crippen LogP contribution in [0.3, 0.4) is 0 Å². The lowest BCUT2D eigenvalue weighted by Gasteiger charge is -2.07. The number of hydrogen-bond acceptors (Lipinski definition) is 3. The average molecular weight is 350 g/mol. The molecular weight excluding hydrogens is 342 g/mol. The van der Waals surface area contributed by atoms with Crippen molar-refractivity contribution in [3.8, 4) is 0 Å². The van der Waals surface area contributed by atoms with Crippen molar-refractivity contribution in [3.05, 3.63) is 28.6 Å². The molecular formula is C13H8Cl2F3N3O. The number of nitrogens with one attached hydrogen (secondary N) is 1. The summed E-state index contributed by atoms with van der Waals surface area (Å²) in [5, 5.41) is 3.82. The molecule has 9 heteroatoms. The quantitative estimate of drug-likeness (QED) is 0.831. The van der Waals surface area contributed by atoms with Gasteiger partial charge in [-0.2, -0.15) is 13.2 Å². The van der Waals surface area contributed by atoms with Crippen molar-refractivity contribution < 1.29 is 18.0 Å². The second kappa shape index (κ2) is 5.24. The number of halogens is 5. The van der Waals surface area contributed by atoms with Crippen molar-refractivity contribution in [3.63, 3.8) is 0 Å². The standard InChI is InChI=1S/C13H8Cl2F3N3O/c14-9-1-5-2-10(19-4-7(5)11(15)20-9)21-12(22)6-3-8(6)13(16,17)18/h1-2,4,6,8H,3H2,(H,19,21,22)/t6-,8-/m1/s1. The number of aromatic nitrogens is 2. The third kappa shape index (κ3) is 2.96. The van der Waals surface area contributed by atoms with Gasteiger partial charge in [0, 0.05) is 11.6 Å². The Balaban J connectivity index is 1.79. The Morgan fingerprint density at radius 1 is 1.32 bits per heavy atom. The van der Waals surface area contributed by atoms with Gasteiger partial charge in [-0.1, -0.05) is 23.2 Å². The van der Waals surface area contributed by atoms with Crippen molar-refractivity contribution in [1.82, 2.24) is 9.97 Å². The van der Waals surface area contributed by atoms with Crippen LogP contribution in [0, 0.1) is 11.8 Å². The summed E-state index contributed by atoms with van der Waals surface area (Å²) in [6.07, 6.45) is -3.15. The summed E-state index contributed by atoms with van der Waals surface area (Å²) >= 11 is 11.7. The predicted octanol–water partition coefficient (Wildman–Crippen LogP) is 4.07. The van der Waals surface area contributed by atoms with Crippen LogP contribution in [0.1, 0.15) is 6.42 Å². The molecule has 2 aromatic heterocycles. The zero-order valence-electron chi connectivity index (χ0n) is 10.8. The fraction of sp³-hybridized carbons (Fsp3) is 0.308. The lowest BCUT2D eigenvalue weighted by atomic mass is 10.2. The molecule has 2 atom stereocenters. The Kier molecular flexibility index (Phi) is 3.65. The van der Waals surface area contributed by atoms with E-state index in [1.165, 1.54) is 18.3 Å². The van der Waals surface area contributed by atoms with Crippen LogP contribution >= 0.6 is 23.2 Å². The molecule has 1 aliphatic rings. The van der Waals surface area contributed by atoms with Gasteiger partial charge in [0.2, 0.25) is 5.91 Å². The molecule has 0 bridgehead atoms. The Hall–Kier alpha value is -1.60. The Morgan fingerprint density at radius 3 is 2.68 bits per heavy atom. The van der Waals surface area contributed by atoms with Gasteiger partial charge < -0.3 is 5.32 Å². The first-order valence-electron chi connectivity index (χ1n) is 6.25. The molecule has 22 heavy (non-hydrogen) atoms. The number of amides is 1. The molecule has 1 aliphatic carbocycles. The molecule has 0 spiro atoms. The van der Waals surface area contributed by atoms with Gasteiger partial charge in [0.15, 0.2) is 0 Å². The molecule has 116 valence electrons. The van der Waals surface area contributed by atoms with E-state index >= 15 is 0 Å². The van der Waals surface area contributed by atoms with Crippen LogP contribution in [-0.4, -0.2) is 22.1 Å². The number of hydrogen-bond donors (Lipinski definition) is 1. The number of pyridine rings is 2. The van der Waals surface area contributed by atoms with E-state index in [0.29, 0.717) is 10.8 Å². The fourth-order valence-corrected chi connectivity index (χ4v) is 2.71. The normalized spacial score (nSPS) is 21.0. The zero-order chi connectivity index (χ0) is 16.1. The summed E-state index contributed by atoms with van der Waals surface area (Å²) in [4.78, 5) is 19.6. The first-order chi connectivity index (χ1) is 10.3. The number of nitrogens with zero attached hydrogens (tertiary/aromatic N) is 2. The highest BCUT2D eigenvalue weighted by Crippen LogP contribution is 2.50. The van der Waals surface area contributed by atoms with Gasteiger partial charge in [-0.05, 0) is 23.9 Å². The van der Waals surface area contributed by atoms with Crippen LogP contribution in [0.5, 0.6) is 0 Å². The molecule has 0 saturated heterocycles. The van der Waals surface area contributed by atoms with Gasteiger partial charge in [-0.25, -0.2) is 9.97 Å². The molecule has 3 rings (SSSR count). The summed E-state index contributed by atoms with van der Waals surface area (Å²) in [6, 6.07) is 3.01. The van der Waals surface area contributed by atoms with E-state index < -0.39 is 23.9 Å². The highest BCUT2D eigenvalue weighted by molar-refractivity contribution is 6.36. The van der Waals surface area contributed by atoms with Crippen LogP contribution < -0.4 is 5.32 Å². The van der Waals surface area contributed by atoms with Gasteiger partial charge in [0.25, 0.3) is 0 Å². The summed E-state index contributed by atoms with van der Waals surface area (Å²) in [5.41, 5.74) is 0. The Morgan fingerprint density at radius 2 is 2.05 bits per heavy atom. The molecule has 2 aromatic rings. The molecule has 0 radical (unpaired) electrons. The number of carbonyl (C=O) groups is 1. The number of carbonyl (C=O) groups excluding carboxylic acids is 1. The largest absolute Gasteiger partial charge is 0.392 e. The summed E-state index contributed by atoms with van der Waals surface area (Å²) < 4.78 is 37.4. The van der Waals surface area contributed by atoms with E-state index in [4.69, 9.17) is 23.2 Å². The first kappa shape index (κ1) is 15.3. The molecule has 1 amide bonds. The smallest absolute Gasteiger partial charge is 0.310 e.